The number of rotatable bonds is 1. The normalized spacial score (nSPS) is 10.9. The summed E-state index contributed by atoms with van der Waals surface area (Å²) in [6, 6.07) is 5.98. The molecule has 0 unspecified atom stereocenters. The molecule has 0 fully saturated rings. The topological polar surface area (TPSA) is 30.9 Å². The molecule has 2 aromatic rings. The molecule has 2 rings (SSSR count). The van der Waals surface area contributed by atoms with Gasteiger partial charge in [0.25, 0.3) is 0 Å². The fourth-order valence-corrected chi connectivity index (χ4v) is 1.96. The number of aromatic nitrogens is 1. The highest BCUT2D eigenvalue weighted by molar-refractivity contribution is 7.79. The minimum atomic E-state index is 0.751. The van der Waals surface area contributed by atoms with Gasteiger partial charge in [0.1, 0.15) is 0 Å². The van der Waals surface area contributed by atoms with Gasteiger partial charge in [-0.25, -0.2) is 0 Å². The lowest BCUT2D eigenvalue weighted by atomic mass is 10.2. The van der Waals surface area contributed by atoms with Crippen LogP contribution in [0.15, 0.2) is 24.4 Å². The molecule has 0 saturated heterocycles. The molecule has 0 radical (unpaired) electrons. The number of thiol groups is 1. The monoisotopic (exact) mass is 192 g/mol. The molecule has 0 aliphatic carbocycles. The molecule has 0 amide bonds. The van der Waals surface area contributed by atoms with E-state index in [0.29, 0.717) is 0 Å². The van der Waals surface area contributed by atoms with Crippen LogP contribution in [0.3, 0.4) is 0 Å². The summed E-state index contributed by atoms with van der Waals surface area (Å²) >= 11 is 4.28. The van der Waals surface area contributed by atoms with Crippen molar-refractivity contribution in [3.63, 3.8) is 0 Å². The van der Waals surface area contributed by atoms with Crippen LogP contribution in [0, 0.1) is 0 Å². The smallest absolute Gasteiger partial charge is 0.0714 e. The number of anilines is 1. The van der Waals surface area contributed by atoms with E-state index >= 15 is 0 Å². The molecule has 0 spiro atoms. The number of nitrogens with zero attached hydrogens (tertiary/aromatic N) is 1. The van der Waals surface area contributed by atoms with E-state index in [4.69, 9.17) is 5.73 Å². The quantitative estimate of drug-likeness (QED) is 0.526. The molecular formula is C10H12N2S. The van der Waals surface area contributed by atoms with E-state index in [1.165, 1.54) is 10.9 Å². The van der Waals surface area contributed by atoms with Gasteiger partial charge in [-0.1, -0.05) is 12.1 Å². The molecule has 1 aromatic heterocycles. The third kappa shape index (κ3) is 1.20. The second-order valence-electron chi connectivity index (χ2n) is 3.17. The minimum absolute atomic E-state index is 0.751. The molecule has 2 N–H and O–H groups in total. The Labute approximate surface area is 82.8 Å². The Balaban J connectivity index is 2.87. The number of aryl methyl sites for hydroxylation is 1. The van der Waals surface area contributed by atoms with Crippen molar-refractivity contribution in [3.8, 4) is 0 Å². The fraction of sp³-hybridized carbons (Fsp3) is 0.200. The summed E-state index contributed by atoms with van der Waals surface area (Å²) in [5.74, 6) is 0.751. The van der Waals surface area contributed by atoms with Crippen LogP contribution in [-0.4, -0.2) is 4.57 Å². The van der Waals surface area contributed by atoms with E-state index in [1.54, 1.807) is 0 Å². The summed E-state index contributed by atoms with van der Waals surface area (Å²) in [6.07, 6.45) is 2.08. The molecule has 0 saturated carbocycles. The molecule has 0 atom stereocenters. The zero-order valence-corrected chi connectivity index (χ0v) is 8.38. The number of fused-ring (bicyclic) bond motifs is 1. The fourth-order valence-electron chi connectivity index (χ4n) is 1.71. The van der Waals surface area contributed by atoms with Crippen LogP contribution in [0.25, 0.3) is 10.9 Å². The minimum Gasteiger partial charge on any atom is -0.397 e. The molecule has 13 heavy (non-hydrogen) atoms. The first-order chi connectivity index (χ1) is 6.24. The van der Waals surface area contributed by atoms with E-state index in [0.717, 1.165) is 17.0 Å². The first kappa shape index (κ1) is 8.51. The highest BCUT2D eigenvalue weighted by Gasteiger charge is 2.06. The van der Waals surface area contributed by atoms with Crippen LogP contribution in [-0.2, 0) is 12.8 Å². The number of hydrogen-bond acceptors (Lipinski definition) is 2. The van der Waals surface area contributed by atoms with Crippen molar-refractivity contribution in [1.82, 2.24) is 4.57 Å². The van der Waals surface area contributed by atoms with E-state index in [2.05, 4.69) is 29.5 Å². The van der Waals surface area contributed by atoms with E-state index in [1.807, 2.05) is 19.2 Å². The molecule has 68 valence electrons. The highest BCUT2D eigenvalue weighted by Crippen LogP contribution is 2.26. The number of benzene rings is 1. The van der Waals surface area contributed by atoms with Gasteiger partial charge in [0.05, 0.1) is 11.2 Å². The van der Waals surface area contributed by atoms with Crippen molar-refractivity contribution >= 4 is 29.2 Å². The Kier molecular flexibility index (Phi) is 1.96. The van der Waals surface area contributed by atoms with Gasteiger partial charge in [0.15, 0.2) is 0 Å². The largest absolute Gasteiger partial charge is 0.397 e. The van der Waals surface area contributed by atoms with Crippen LogP contribution >= 0.6 is 12.6 Å². The highest BCUT2D eigenvalue weighted by atomic mass is 32.1. The van der Waals surface area contributed by atoms with Crippen molar-refractivity contribution in [3.05, 3.63) is 30.0 Å². The molecule has 0 aliphatic rings. The molecule has 2 nitrogen and oxygen atoms in total. The van der Waals surface area contributed by atoms with Crippen molar-refractivity contribution in [2.24, 2.45) is 7.05 Å². The van der Waals surface area contributed by atoms with Crippen LogP contribution in [0.5, 0.6) is 0 Å². The van der Waals surface area contributed by atoms with Gasteiger partial charge in [0, 0.05) is 24.4 Å². The molecule has 0 bridgehead atoms. The molecule has 0 aliphatic heterocycles. The summed E-state index contributed by atoms with van der Waals surface area (Å²) in [5, 5.41) is 1.21. The van der Waals surface area contributed by atoms with Crippen molar-refractivity contribution in [1.29, 1.82) is 0 Å². The number of hydrogen-bond donors (Lipinski definition) is 2. The van der Waals surface area contributed by atoms with Gasteiger partial charge >= 0.3 is 0 Å². The van der Waals surface area contributed by atoms with Crippen molar-refractivity contribution < 1.29 is 0 Å². The summed E-state index contributed by atoms with van der Waals surface area (Å²) in [6.45, 7) is 0. The van der Waals surface area contributed by atoms with E-state index in [9.17, 15) is 0 Å². The van der Waals surface area contributed by atoms with Gasteiger partial charge in [-0.3, -0.25) is 0 Å². The van der Waals surface area contributed by atoms with Gasteiger partial charge in [0.2, 0.25) is 0 Å². The Morgan fingerprint density at radius 1 is 1.46 bits per heavy atom. The lowest BCUT2D eigenvalue weighted by molar-refractivity contribution is 0.964. The van der Waals surface area contributed by atoms with E-state index < -0.39 is 0 Å². The summed E-state index contributed by atoms with van der Waals surface area (Å²) in [7, 11) is 2.01. The summed E-state index contributed by atoms with van der Waals surface area (Å²) in [4.78, 5) is 0. The Morgan fingerprint density at radius 3 is 2.92 bits per heavy atom. The lowest BCUT2D eigenvalue weighted by Gasteiger charge is -1.99. The maximum Gasteiger partial charge on any atom is 0.0714 e. The van der Waals surface area contributed by atoms with Crippen molar-refractivity contribution in [2.75, 3.05) is 5.73 Å². The van der Waals surface area contributed by atoms with Crippen LogP contribution in [0.2, 0.25) is 0 Å². The second-order valence-corrected chi connectivity index (χ2v) is 3.48. The zero-order chi connectivity index (χ0) is 9.42. The van der Waals surface area contributed by atoms with Crippen LogP contribution < -0.4 is 5.73 Å². The van der Waals surface area contributed by atoms with Gasteiger partial charge < -0.3 is 10.3 Å². The number of nitrogen functional groups attached to an aromatic ring is 1. The first-order valence-corrected chi connectivity index (χ1v) is 4.80. The SMILES string of the molecule is Cn1cc(CS)c2cccc(N)c21. The van der Waals surface area contributed by atoms with Crippen LogP contribution in [0.1, 0.15) is 5.56 Å². The van der Waals surface area contributed by atoms with Crippen LogP contribution in [0.4, 0.5) is 5.69 Å². The maximum atomic E-state index is 5.88. The summed E-state index contributed by atoms with van der Waals surface area (Å²) < 4.78 is 2.05. The first-order valence-electron chi connectivity index (χ1n) is 4.17. The molecular weight excluding hydrogens is 180 g/mol. The zero-order valence-electron chi connectivity index (χ0n) is 7.49. The second kappa shape index (κ2) is 3.00. The predicted octanol–water partition coefficient (Wildman–Crippen LogP) is 2.19. The predicted molar refractivity (Wildman–Crippen MR) is 60.0 cm³/mol. The lowest BCUT2D eigenvalue weighted by Crippen LogP contribution is -1.91. The average Bonchev–Trinajstić information content (AvgIpc) is 2.44. The van der Waals surface area contributed by atoms with E-state index in [-0.39, 0.29) is 0 Å². The Bertz CT molecular complexity index is 445. The Hall–Kier alpha value is -1.09. The average molecular weight is 192 g/mol. The van der Waals surface area contributed by atoms with Gasteiger partial charge in [-0.15, -0.1) is 0 Å². The number of para-hydroxylation sites is 1. The Morgan fingerprint density at radius 2 is 2.23 bits per heavy atom. The summed E-state index contributed by atoms with van der Waals surface area (Å²) in [5.41, 5.74) is 9.04. The molecule has 3 heteroatoms. The van der Waals surface area contributed by atoms with Gasteiger partial charge in [-0.05, 0) is 11.6 Å². The molecule has 1 aromatic carbocycles. The molecule has 1 heterocycles. The van der Waals surface area contributed by atoms with Crippen molar-refractivity contribution in [2.45, 2.75) is 5.75 Å². The maximum absolute atomic E-state index is 5.88. The third-order valence-corrected chi connectivity index (χ3v) is 2.63. The van der Waals surface area contributed by atoms with Gasteiger partial charge in [-0.2, -0.15) is 12.6 Å². The third-order valence-electron chi connectivity index (χ3n) is 2.29. The standard InChI is InChI=1S/C10H12N2S/c1-12-5-7(6-13)8-3-2-4-9(11)10(8)12/h2-5,13H,6,11H2,1H3. The number of nitrogens with two attached hydrogens (primary N) is 1.